The van der Waals surface area contributed by atoms with E-state index in [2.05, 4.69) is 17.0 Å². The number of unbranched alkanes of at least 4 members (excludes halogenated alkanes) is 1. The van der Waals surface area contributed by atoms with Gasteiger partial charge in [0.25, 0.3) is 0 Å². The largest absolute Gasteiger partial charge is 0.491 e. The third kappa shape index (κ3) is 3.64. The van der Waals surface area contributed by atoms with Crippen LogP contribution in [0.4, 0.5) is 5.69 Å². The van der Waals surface area contributed by atoms with Gasteiger partial charge in [-0.1, -0.05) is 12.1 Å². The minimum absolute atomic E-state index is 0.176. The number of benzene rings is 1. The van der Waals surface area contributed by atoms with Crippen LogP contribution >= 0.6 is 0 Å². The summed E-state index contributed by atoms with van der Waals surface area (Å²) in [5, 5.41) is 9.26. The maximum atomic E-state index is 9.26. The molecule has 0 saturated carbocycles. The number of hydrogen-bond donors (Lipinski definition) is 1. The summed E-state index contributed by atoms with van der Waals surface area (Å²) in [5.74, 6) is 1.01. The number of hydrogen-bond acceptors (Lipinski definition) is 3. The molecule has 1 atom stereocenters. The Morgan fingerprint density at radius 2 is 2.17 bits per heavy atom. The first-order valence-corrected chi connectivity index (χ1v) is 6.92. The smallest absolute Gasteiger partial charge is 0.142 e. The second-order valence-corrected chi connectivity index (χ2v) is 5.00. The Morgan fingerprint density at radius 1 is 1.33 bits per heavy atom. The summed E-state index contributed by atoms with van der Waals surface area (Å²) < 4.78 is 5.74. The molecule has 100 valence electrons. The molecule has 0 spiro atoms. The lowest BCUT2D eigenvalue weighted by molar-refractivity contribution is 0.181. The Balaban J connectivity index is 1.91. The van der Waals surface area contributed by atoms with Crippen LogP contribution < -0.4 is 9.64 Å². The Bertz CT molecular complexity index is 365. The van der Waals surface area contributed by atoms with Crippen LogP contribution in [0.2, 0.25) is 0 Å². The van der Waals surface area contributed by atoms with Gasteiger partial charge in [-0.15, -0.1) is 0 Å². The van der Waals surface area contributed by atoms with Gasteiger partial charge in [0.1, 0.15) is 5.75 Å². The molecule has 3 heteroatoms. The number of fused-ring (bicyclic) bond motifs is 1. The molecule has 1 heterocycles. The van der Waals surface area contributed by atoms with Crippen molar-refractivity contribution in [3.8, 4) is 5.75 Å². The van der Waals surface area contributed by atoms with Crippen LogP contribution in [0.1, 0.15) is 32.6 Å². The Labute approximate surface area is 109 Å². The predicted octanol–water partition coefficient (Wildman–Crippen LogP) is 2.83. The van der Waals surface area contributed by atoms with E-state index in [1.54, 1.807) is 0 Å². The monoisotopic (exact) mass is 249 g/mol. The number of nitrogens with zero attached hydrogens (tertiary/aromatic N) is 1. The van der Waals surface area contributed by atoms with Gasteiger partial charge < -0.3 is 14.7 Å². The SMILES string of the molecule is CC(O)CCCCN1CCCOc2ccccc21. The maximum Gasteiger partial charge on any atom is 0.142 e. The molecule has 2 rings (SSSR count). The highest BCUT2D eigenvalue weighted by Crippen LogP contribution is 2.30. The maximum absolute atomic E-state index is 9.26. The molecule has 0 saturated heterocycles. The number of anilines is 1. The highest BCUT2D eigenvalue weighted by atomic mass is 16.5. The highest BCUT2D eigenvalue weighted by Gasteiger charge is 2.15. The fourth-order valence-electron chi connectivity index (χ4n) is 2.37. The normalized spacial score (nSPS) is 16.7. The molecule has 0 aromatic heterocycles. The molecular weight excluding hydrogens is 226 g/mol. The van der Waals surface area contributed by atoms with Crippen molar-refractivity contribution in [1.29, 1.82) is 0 Å². The van der Waals surface area contributed by atoms with Crippen molar-refractivity contribution in [2.24, 2.45) is 0 Å². The molecule has 0 amide bonds. The third-order valence-corrected chi connectivity index (χ3v) is 3.34. The van der Waals surface area contributed by atoms with Gasteiger partial charge >= 0.3 is 0 Å². The number of rotatable bonds is 5. The summed E-state index contributed by atoms with van der Waals surface area (Å²) in [6.45, 7) is 4.77. The zero-order valence-electron chi connectivity index (χ0n) is 11.1. The van der Waals surface area contributed by atoms with Gasteiger partial charge in [-0.3, -0.25) is 0 Å². The molecule has 1 aliphatic rings. The Morgan fingerprint density at radius 3 is 3.00 bits per heavy atom. The summed E-state index contributed by atoms with van der Waals surface area (Å²) in [4.78, 5) is 2.41. The zero-order chi connectivity index (χ0) is 12.8. The first kappa shape index (κ1) is 13.2. The zero-order valence-corrected chi connectivity index (χ0v) is 11.1. The Hall–Kier alpha value is -1.22. The summed E-state index contributed by atoms with van der Waals surface area (Å²) in [5.41, 5.74) is 1.21. The second kappa shape index (κ2) is 6.64. The van der Waals surface area contributed by atoms with E-state index in [9.17, 15) is 5.11 Å². The summed E-state index contributed by atoms with van der Waals surface area (Å²) in [6, 6.07) is 8.27. The van der Waals surface area contributed by atoms with Gasteiger partial charge in [-0.2, -0.15) is 0 Å². The molecule has 18 heavy (non-hydrogen) atoms. The molecule has 1 aromatic carbocycles. The minimum atomic E-state index is -0.176. The lowest BCUT2D eigenvalue weighted by Gasteiger charge is -2.23. The predicted molar refractivity (Wildman–Crippen MR) is 74.3 cm³/mol. The molecular formula is C15H23NO2. The van der Waals surface area contributed by atoms with Gasteiger partial charge in [-0.25, -0.2) is 0 Å². The van der Waals surface area contributed by atoms with Crippen LogP contribution in [-0.2, 0) is 0 Å². The van der Waals surface area contributed by atoms with E-state index in [1.807, 2.05) is 19.1 Å². The van der Waals surface area contributed by atoms with Crippen LogP contribution in [-0.4, -0.2) is 30.9 Å². The first-order chi connectivity index (χ1) is 8.77. The number of aliphatic hydroxyl groups excluding tert-OH is 1. The summed E-state index contributed by atoms with van der Waals surface area (Å²) in [7, 11) is 0. The van der Waals surface area contributed by atoms with Crippen LogP contribution in [0.15, 0.2) is 24.3 Å². The molecule has 0 fully saturated rings. The quantitative estimate of drug-likeness (QED) is 0.814. The molecule has 3 nitrogen and oxygen atoms in total. The summed E-state index contributed by atoms with van der Waals surface area (Å²) >= 11 is 0. The van der Waals surface area contributed by atoms with Gasteiger partial charge in [-0.05, 0) is 44.7 Å². The molecule has 1 aliphatic heterocycles. The standard InChI is InChI=1S/C15H23NO2/c1-13(17)7-4-5-10-16-11-6-12-18-15-9-3-2-8-14(15)16/h2-3,8-9,13,17H,4-7,10-12H2,1H3. The number of aliphatic hydroxyl groups is 1. The van der Waals surface area contributed by atoms with E-state index >= 15 is 0 Å². The molecule has 0 bridgehead atoms. The van der Waals surface area contributed by atoms with Gasteiger partial charge in [0.05, 0.1) is 18.4 Å². The average Bonchev–Trinajstić information content (AvgIpc) is 2.57. The van der Waals surface area contributed by atoms with Crippen molar-refractivity contribution in [2.75, 3.05) is 24.6 Å². The highest BCUT2D eigenvalue weighted by molar-refractivity contribution is 5.58. The van der Waals surface area contributed by atoms with Crippen molar-refractivity contribution in [3.05, 3.63) is 24.3 Å². The molecule has 0 aliphatic carbocycles. The van der Waals surface area contributed by atoms with Crippen LogP contribution in [0.25, 0.3) is 0 Å². The second-order valence-electron chi connectivity index (χ2n) is 5.00. The minimum Gasteiger partial charge on any atom is -0.491 e. The lowest BCUT2D eigenvalue weighted by atomic mass is 10.1. The van der Waals surface area contributed by atoms with E-state index in [1.165, 1.54) is 5.69 Å². The van der Waals surface area contributed by atoms with Gasteiger partial charge in [0, 0.05) is 13.1 Å². The third-order valence-electron chi connectivity index (χ3n) is 3.34. The molecule has 1 aromatic rings. The van der Waals surface area contributed by atoms with Crippen molar-refractivity contribution in [2.45, 2.75) is 38.7 Å². The Kier molecular flexibility index (Phi) is 4.88. The van der Waals surface area contributed by atoms with Crippen LogP contribution in [0.5, 0.6) is 5.75 Å². The van der Waals surface area contributed by atoms with Crippen LogP contribution in [0.3, 0.4) is 0 Å². The van der Waals surface area contributed by atoms with Crippen molar-refractivity contribution in [3.63, 3.8) is 0 Å². The molecule has 0 radical (unpaired) electrons. The molecule has 1 N–H and O–H groups in total. The fourth-order valence-corrected chi connectivity index (χ4v) is 2.37. The van der Waals surface area contributed by atoms with Gasteiger partial charge in [0.2, 0.25) is 0 Å². The van der Waals surface area contributed by atoms with Gasteiger partial charge in [0.15, 0.2) is 0 Å². The molecule has 1 unspecified atom stereocenters. The summed E-state index contributed by atoms with van der Waals surface area (Å²) in [6.07, 6.45) is 4.00. The van der Waals surface area contributed by atoms with E-state index < -0.39 is 0 Å². The van der Waals surface area contributed by atoms with Crippen LogP contribution in [0, 0.1) is 0 Å². The van der Waals surface area contributed by atoms with E-state index in [-0.39, 0.29) is 6.10 Å². The first-order valence-electron chi connectivity index (χ1n) is 6.92. The van der Waals surface area contributed by atoms with E-state index in [0.717, 1.165) is 51.1 Å². The average molecular weight is 249 g/mol. The topological polar surface area (TPSA) is 32.7 Å². The number of ether oxygens (including phenoxy) is 1. The van der Waals surface area contributed by atoms with E-state index in [0.29, 0.717) is 0 Å². The van der Waals surface area contributed by atoms with Crippen molar-refractivity contribution in [1.82, 2.24) is 0 Å². The van der Waals surface area contributed by atoms with Crippen molar-refractivity contribution >= 4 is 5.69 Å². The van der Waals surface area contributed by atoms with E-state index in [4.69, 9.17) is 4.74 Å². The fraction of sp³-hybridized carbons (Fsp3) is 0.600. The van der Waals surface area contributed by atoms with Crippen molar-refractivity contribution < 1.29 is 9.84 Å². The number of para-hydroxylation sites is 2. The lowest BCUT2D eigenvalue weighted by Crippen LogP contribution is -2.25.